The lowest BCUT2D eigenvalue weighted by Crippen LogP contribution is -2.22. The van der Waals surface area contributed by atoms with Crippen LogP contribution >= 0.6 is 11.3 Å². The lowest BCUT2D eigenvalue weighted by Gasteiger charge is -2.18. The molecule has 0 aliphatic heterocycles. The van der Waals surface area contributed by atoms with Crippen molar-refractivity contribution in [2.45, 2.75) is 58.9 Å². The smallest absolute Gasteiger partial charge is 0.0683 e. The van der Waals surface area contributed by atoms with Crippen molar-refractivity contribution in [1.29, 1.82) is 5.26 Å². The van der Waals surface area contributed by atoms with Crippen molar-refractivity contribution in [3.05, 3.63) is 22.4 Å². The Labute approximate surface area is 121 Å². The molecule has 0 saturated carbocycles. The lowest BCUT2D eigenvalue weighted by atomic mass is 9.89. The number of nitriles is 1. The molecule has 0 bridgehead atoms. The van der Waals surface area contributed by atoms with Crippen LogP contribution in [0.5, 0.6) is 0 Å². The number of thiophene rings is 1. The summed E-state index contributed by atoms with van der Waals surface area (Å²) in [6.45, 7) is 7.32. The van der Waals surface area contributed by atoms with Crippen LogP contribution in [0.4, 0.5) is 0 Å². The Kier molecular flexibility index (Phi) is 7.12. The van der Waals surface area contributed by atoms with E-state index in [2.05, 4.69) is 35.8 Å². The molecule has 1 aromatic heterocycles. The summed E-state index contributed by atoms with van der Waals surface area (Å²) in [6.07, 6.45) is 5.66. The van der Waals surface area contributed by atoms with Gasteiger partial charge in [0.15, 0.2) is 0 Å². The monoisotopic (exact) mass is 278 g/mol. The quantitative estimate of drug-likeness (QED) is 0.652. The van der Waals surface area contributed by atoms with Crippen molar-refractivity contribution >= 4 is 11.3 Å². The van der Waals surface area contributed by atoms with Crippen LogP contribution in [-0.4, -0.2) is 6.54 Å². The van der Waals surface area contributed by atoms with Gasteiger partial charge in [-0.25, -0.2) is 0 Å². The summed E-state index contributed by atoms with van der Waals surface area (Å²) in [5.74, 6) is 0. The second-order valence-electron chi connectivity index (χ2n) is 5.76. The van der Waals surface area contributed by atoms with Gasteiger partial charge < -0.3 is 5.32 Å². The third-order valence-electron chi connectivity index (χ3n) is 3.39. The molecule has 1 heterocycles. The molecule has 0 aliphatic carbocycles. The molecule has 1 aromatic rings. The van der Waals surface area contributed by atoms with E-state index in [1.54, 1.807) is 0 Å². The molecule has 106 valence electrons. The minimum Gasteiger partial charge on any atom is -0.309 e. The molecule has 3 heteroatoms. The Hall–Kier alpha value is -0.850. The van der Waals surface area contributed by atoms with E-state index in [0.29, 0.717) is 6.04 Å². The van der Waals surface area contributed by atoms with E-state index < -0.39 is 0 Å². The van der Waals surface area contributed by atoms with Crippen LogP contribution in [0.1, 0.15) is 63.8 Å². The predicted molar refractivity (Wildman–Crippen MR) is 83.2 cm³/mol. The van der Waals surface area contributed by atoms with Crippen molar-refractivity contribution in [2.75, 3.05) is 6.54 Å². The standard InChI is InChI=1S/C16H26N2S/c1-4-8-14(15-9-7-12-19-15)18-11-6-5-10-16(2,3)13-17/h7,9,12,14,18H,4-6,8,10-11H2,1-3H3. The molecule has 0 aromatic carbocycles. The van der Waals surface area contributed by atoms with Gasteiger partial charge in [-0.1, -0.05) is 25.8 Å². The van der Waals surface area contributed by atoms with E-state index in [1.807, 2.05) is 25.2 Å². The van der Waals surface area contributed by atoms with Gasteiger partial charge >= 0.3 is 0 Å². The molecular weight excluding hydrogens is 252 g/mol. The number of rotatable bonds is 9. The Morgan fingerprint density at radius 3 is 2.79 bits per heavy atom. The van der Waals surface area contributed by atoms with Crippen molar-refractivity contribution < 1.29 is 0 Å². The van der Waals surface area contributed by atoms with Crippen LogP contribution in [0.15, 0.2) is 17.5 Å². The SMILES string of the molecule is CCCC(NCCCCC(C)(C)C#N)c1cccs1. The maximum atomic E-state index is 8.97. The van der Waals surface area contributed by atoms with Gasteiger partial charge in [0, 0.05) is 10.9 Å². The number of hydrogen-bond acceptors (Lipinski definition) is 3. The van der Waals surface area contributed by atoms with Crippen LogP contribution in [0, 0.1) is 16.7 Å². The Morgan fingerprint density at radius 2 is 2.21 bits per heavy atom. The molecule has 0 spiro atoms. The average molecular weight is 278 g/mol. The fourth-order valence-electron chi connectivity index (χ4n) is 2.15. The second-order valence-corrected chi connectivity index (χ2v) is 6.74. The Bertz CT molecular complexity index is 376. The zero-order chi connectivity index (χ0) is 14.1. The first-order valence-corrected chi connectivity index (χ1v) is 8.15. The molecule has 0 aliphatic rings. The Balaban J connectivity index is 2.25. The molecule has 1 rings (SSSR count). The summed E-state index contributed by atoms with van der Waals surface area (Å²) in [7, 11) is 0. The van der Waals surface area contributed by atoms with Gasteiger partial charge in [-0.2, -0.15) is 5.26 Å². The molecule has 19 heavy (non-hydrogen) atoms. The van der Waals surface area contributed by atoms with E-state index in [0.717, 1.165) is 25.8 Å². The van der Waals surface area contributed by atoms with Crippen molar-refractivity contribution in [3.63, 3.8) is 0 Å². The first-order chi connectivity index (χ1) is 9.09. The van der Waals surface area contributed by atoms with Gasteiger partial charge in [0.2, 0.25) is 0 Å². The summed E-state index contributed by atoms with van der Waals surface area (Å²) in [5, 5.41) is 14.8. The zero-order valence-corrected chi connectivity index (χ0v) is 13.2. The molecule has 1 unspecified atom stereocenters. The van der Waals surface area contributed by atoms with Crippen LogP contribution in [0.3, 0.4) is 0 Å². The van der Waals surface area contributed by atoms with Crippen LogP contribution in [0.25, 0.3) is 0 Å². The van der Waals surface area contributed by atoms with Crippen LogP contribution in [-0.2, 0) is 0 Å². The molecule has 2 nitrogen and oxygen atoms in total. The summed E-state index contributed by atoms with van der Waals surface area (Å²) in [5.41, 5.74) is -0.170. The maximum Gasteiger partial charge on any atom is 0.0683 e. The topological polar surface area (TPSA) is 35.8 Å². The fourth-order valence-corrected chi connectivity index (χ4v) is 2.98. The first-order valence-electron chi connectivity index (χ1n) is 7.27. The third-order valence-corrected chi connectivity index (χ3v) is 4.37. The normalized spacial score (nSPS) is 13.2. The minimum atomic E-state index is -0.170. The van der Waals surface area contributed by atoms with E-state index in [1.165, 1.54) is 17.7 Å². The molecule has 1 atom stereocenters. The predicted octanol–water partition coefficient (Wildman–Crippen LogP) is 4.90. The van der Waals surface area contributed by atoms with E-state index in [-0.39, 0.29) is 5.41 Å². The van der Waals surface area contributed by atoms with Gasteiger partial charge in [-0.3, -0.25) is 0 Å². The highest BCUT2D eigenvalue weighted by Crippen LogP contribution is 2.24. The average Bonchev–Trinajstić information content (AvgIpc) is 2.91. The van der Waals surface area contributed by atoms with Crippen molar-refractivity contribution in [2.24, 2.45) is 5.41 Å². The van der Waals surface area contributed by atoms with Crippen LogP contribution in [0.2, 0.25) is 0 Å². The highest BCUT2D eigenvalue weighted by Gasteiger charge is 2.15. The van der Waals surface area contributed by atoms with Gasteiger partial charge in [-0.15, -0.1) is 11.3 Å². The molecule has 1 N–H and O–H groups in total. The number of nitrogens with zero attached hydrogens (tertiary/aromatic N) is 1. The fraction of sp³-hybridized carbons (Fsp3) is 0.688. The molecule has 0 radical (unpaired) electrons. The number of unbranched alkanes of at least 4 members (excludes halogenated alkanes) is 1. The summed E-state index contributed by atoms with van der Waals surface area (Å²) >= 11 is 1.84. The first kappa shape index (κ1) is 16.2. The van der Waals surface area contributed by atoms with Gasteiger partial charge in [0.25, 0.3) is 0 Å². The van der Waals surface area contributed by atoms with Gasteiger partial charge in [0.05, 0.1) is 11.5 Å². The van der Waals surface area contributed by atoms with Gasteiger partial charge in [-0.05, 0) is 51.1 Å². The summed E-state index contributed by atoms with van der Waals surface area (Å²) < 4.78 is 0. The maximum absolute atomic E-state index is 8.97. The summed E-state index contributed by atoms with van der Waals surface area (Å²) in [6, 6.07) is 7.22. The number of nitrogens with one attached hydrogen (secondary N) is 1. The van der Waals surface area contributed by atoms with Crippen molar-refractivity contribution in [1.82, 2.24) is 5.32 Å². The molecule has 0 fully saturated rings. The highest BCUT2D eigenvalue weighted by molar-refractivity contribution is 7.10. The molecule has 0 amide bonds. The van der Waals surface area contributed by atoms with Crippen molar-refractivity contribution in [3.8, 4) is 6.07 Å². The zero-order valence-electron chi connectivity index (χ0n) is 12.4. The van der Waals surface area contributed by atoms with E-state index in [9.17, 15) is 0 Å². The third kappa shape index (κ3) is 6.22. The van der Waals surface area contributed by atoms with Crippen LogP contribution < -0.4 is 5.32 Å². The second kappa shape index (κ2) is 8.35. The van der Waals surface area contributed by atoms with E-state index in [4.69, 9.17) is 5.26 Å². The largest absolute Gasteiger partial charge is 0.309 e. The molecular formula is C16H26N2S. The summed E-state index contributed by atoms with van der Waals surface area (Å²) in [4.78, 5) is 1.44. The highest BCUT2D eigenvalue weighted by atomic mass is 32.1. The Morgan fingerprint density at radius 1 is 1.42 bits per heavy atom. The minimum absolute atomic E-state index is 0.170. The number of hydrogen-bond donors (Lipinski definition) is 1. The van der Waals surface area contributed by atoms with Gasteiger partial charge in [0.1, 0.15) is 0 Å². The van der Waals surface area contributed by atoms with E-state index >= 15 is 0 Å². The lowest BCUT2D eigenvalue weighted by molar-refractivity contribution is 0.412. The molecule has 0 saturated heterocycles.